The predicted molar refractivity (Wildman–Crippen MR) is 105 cm³/mol. The van der Waals surface area contributed by atoms with E-state index in [1.807, 2.05) is 0 Å². The third kappa shape index (κ3) is 4.73. The van der Waals surface area contributed by atoms with Crippen LogP contribution in [-0.4, -0.2) is 71.4 Å². The third-order valence-electron chi connectivity index (χ3n) is 6.33. The van der Waals surface area contributed by atoms with Gasteiger partial charge in [-0.2, -0.15) is 0 Å². The maximum atomic E-state index is 12.8. The Bertz CT molecular complexity index is 712. The first kappa shape index (κ1) is 22.0. The molecule has 2 aliphatic carbocycles. The average molecular weight is 422 g/mol. The second kappa shape index (κ2) is 9.44. The van der Waals surface area contributed by atoms with Crippen LogP contribution >= 0.6 is 0 Å². The Balaban J connectivity index is 1.43. The fourth-order valence-electron chi connectivity index (χ4n) is 4.62. The minimum atomic E-state index is -0.874. The largest absolute Gasteiger partial charge is 0.454 e. The van der Waals surface area contributed by atoms with Crippen molar-refractivity contribution in [2.24, 2.45) is 0 Å². The molecule has 1 heterocycles. The topological polar surface area (TPSA) is 125 Å². The smallest absolute Gasteiger partial charge is 0.327 e. The number of imide groups is 2. The standard InChI is InChI=1S/C20H30N4O6/c1-23-19(29)24(17(27)20(23)10-6-3-7-11-20)12-16(26)30-13-15(25)22-18(28)21-14-8-4-2-5-9-14/h14H,2-13H2,1H3,(H2,21,22,25,28). The number of amides is 6. The summed E-state index contributed by atoms with van der Waals surface area (Å²) in [5.41, 5.74) is -0.871. The summed E-state index contributed by atoms with van der Waals surface area (Å²) in [5, 5.41) is 4.86. The van der Waals surface area contributed by atoms with E-state index < -0.39 is 42.6 Å². The molecule has 0 aromatic carbocycles. The maximum absolute atomic E-state index is 12.8. The molecule has 3 aliphatic rings. The normalized spacial score (nSPS) is 21.6. The molecule has 2 N–H and O–H groups in total. The molecular weight excluding hydrogens is 392 g/mol. The van der Waals surface area contributed by atoms with Crippen molar-refractivity contribution in [3.8, 4) is 0 Å². The van der Waals surface area contributed by atoms with Gasteiger partial charge in [0.1, 0.15) is 12.1 Å². The summed E-state index contributed by atoms with van der Waals surface area (Å²) >= 11 is 0. The van der Waals surface area contributed by atoms with Gasteiger partial charge in [-0.1, -0.05) is 38.5 Å². The van der Waals surface area contributed by atoms with Gasteiger partial charge in [0.15, 0.2) is 6.61 Å². The number of carbonyl (C=O) groups is 5. The van der Waals surface area contributed by atoms with Crippen LogP contribution in [0.4, 0.5) is 9.59 Å². The van der Waals surface area contributed by atoms with Crippen LogP contribution in [0.5, 0.6) is 0 Å². The van der Waals surface area contributed by atoms with Crippen LogP contribution in [0.2, 0.25) is 0 Å². The molecule has 166 valence electrons. The van der Waals surface area contributed by atoms with Crippen molar-refractivity contribution in [3.63, 3.8) is 0 Å². The van der Waals surface area contributed by atoms with Crippen LogP contribution in [-0.2, 0) is 19.1 Å². The fourth-order valence-corrected chi connectivity index (χ4v) is 4.62. The van der Waals surface area contributed by atoms with Crippen LogP contribution in [0, 0.1) is 0 Å². The average Bonchev–Trinajstić information content (AvgIpc) is 2.90. The molecule has 10 heteroatoms. The summed E-state index contributed by atoms with van der Waals surface area (Å²) in [5.74, 6) is -2.03. The highest BCUT2D eigenvalue weighted by atomic mass is 16.5. The number of nitrogens with zero attached hydrogens (tertiary/aromatic N) is 2. The second-order valence-electron chi connectivity index (χ2n) is 8.34. The van der Waals surface area contributed by atoms with Gasteiger partial charge in [0.2, 0.25) is 0 Å². The summed E-state index contributed by atoms with van der Waals surface area (Å²) in [7, 11) is 1.58. The molecule has 0 aromatic heterocycles. The van der Waals surface area contributed by atoms with Crippen LogP contribution < -0.4 is 10.6 Å². The first-order valence-electron chi connectivity index (χ1n) is 10.7. The van der Waals surface area contributed by atoms with E-state index in [1.165, 1.54) is 4.90 Å². The first-order chi connectivity index (χ1) is 14.3. The number of likely N-dealkylation sites (N-methyl/N-ethyl adjacent to an activating group) is 1. The number of carbonyl (C=O) groups excluding carboxylic acids is 5. The lowest BCUT2D eigenvalue weighted by molar-refractivity contribution is -0.151. The maximum Gasteiger partial charge on any atom is 0.327 e. The molecule has 0 radical (unpaired) electrons. The molecule has 6 amide bonds. The van der Waals surface area contributed by atoms with Crippen molar-refractivity contribution in [3.05, 3.63) is 0 Å². The van der Waals surface area contributed by atoms with Gasteiger partial charge < -0.3 is 15.0 Å². The summed E-state index contributed by atoms with van der Waals surface area (Å²) in [6.45, 7) is -1.21. The van der Waals surface area contributed by atoms with Crippen molar-refractivity contribution in [2.75, 3.05) is 20.2 Å². The van der Waals surface area contributed by atoms with Crippen molar-refractivity contribution >= 4 is 29.8 Å². The second-order valence-corrected chi connectivity index (χ2v) is 8.34. The summed E-state index contributed by atoms with van der Waals surface area (Å²) in [6.07, 6.45) is 8.87. The molecule has 1 spiro atoms. The van der Waals surface area contributed by atoms with Gasteiger partial charge in [-0.25, -0.2) is 9.59 Å². The lowest BCUT2D eigenvalue weighted by Crippen LogP contribution is -2.49. The summed E-state index contributed by atoms with van der Waals surface area (Å²) < 4.78 is 4.87. The molecule has 3 rings (SSSR count). The van der Waals surface area contributed by atoms with Crippen molar-refractivity contribution in [1.82, 2.24) is 20.4 Å². The van der Waals surface area contributed by atoms with E-state index in [0.29, 0.717) is 12.8 Å². The third-order valence-corrected chi connectivity index (χ3v) is 6.33. The van der Waals surface area contributed by atoms with Gasteiger partial charge in [0.05, 0.1) is 0 Å². The number of urea groups is 2. The number of hydrogen-bond donors (Lipinski definition) is 2. The molecule has 0 aromatic rings. The van der Waals surface area contributed by atoms with E-state index in [4.69, 9.17) is 4.74 Å². The van der Waals surface area contributed by atoms with E-state index in [2.05, 4.69) is 10.6 Å². The molecular formula is C20H30N4O6. The lowest BCUT2D eigenvalue weighted by atomic mass is 9.81. The molecule has 1 aliphatic heterocycles. The summed E-state index contributed by atoms with van der Waals surface area (Å²) in [6, 6.07) is -1.10. The molecule has 2 saturated carbocycles. The number of hydrogen-bond acceptors (Lipinski definition) is 6. The van der Waals surface area contributed by atoms with E-state index in [-0.39, 0.29) is 11.9 Å². The summed E-state index contributed by atoms with van der Waals surface area (Å²) in [4.78, 5) is 63.4. The Labute approximate surface area is 175 Å². The van der Waals surface area contributed by atoms with Gasteiger partial charge in [0, 0.05) is 13.1 Å². The Kier molecular flexibility index (Phi) is 6.94. The Morgan fingerprint density at radius 2 is 1.67 bits per heavy atom. The van der Waals surface area contributed by atoms with Gasteiger partial charge in [-0.3, -0.25) is 24.6 Å². The fraction of sp³-hybridized carbons (Fsp3) is 0.750. The van der Waals surface area contributed by atoms with Crippen molar-refractivity contribution < 1.29 is 28.7 Å². The van der Waals surface area contributed by atoms with Gasteiger partial charge >= 0.3 is 18.0 Å². The van der Waals surface area contributed by atoms with Crippen molar-refractivity contribution in [1.29, 1.82) is 0 Å². The highest BCUT2D eigenvalue weighted by Crippen LogP contribution is 2.39. The van der Waals surface area contributed by atoms with Crippen LogP contribution in [0.25, 0.3) is 0 Å². The van der Waals surface area contributed by atoms with Gasteiger partial charge in [-0.05, 0) is 25.7 Å². The van der Waals surface area contributed by atoms with E-state index >= 15 is 0 Å². The molecule has 1 saturated heterocycles. The zero-order valence-electron chi connectivity index (χ0n) is 17.4. The molecule has 3 fully saturated rings. The minimum absolute atomic E-state index is 0.0467. The first-order valence-corrected chi connectivity index (χ1v) is 10.7. The predicted octanol–water partition coefficient (Wildman–Crippen LogP) is 1.28. The van der Waals surface area contributed by atoms with E-state index in [9.17, 15) is 24.0 Å². The molecule has 0 atom stereocenters. The molecule has 30 heavy (non-hydrogen) atoms. The minimum Gasteiger partial charge on any atom is -0.454 e. The quantitative estimate of drug-likeness (QED) is 0.508. The van der Waals surface area contributed by atoms with Crippen LogP contribution in [0.1, 0.15) is 64.2 Å². The van der Waals surface area contributed by atoms with Crippen LogP contribution in [0.15, 0.2) is 0 Å². The lowest BCUT2D eigenvalue weighted by Gasteiger charge is -2.35. The van der Waals surface area contributed by atoms with E-state index in [0.717, 1.165) is 56.3 Å². The highest BCUT2D eigenvalue weighted by molar-refractivity contribution is 6.08. The Morgan fingerprint density at radius 3 is 2.33 bits per heavy atom. The van der Waals surface area contributed by atoms with Crippen LogP contribution in [0.3, 0.4) is 0 Å². The molecule has 0 bridgehead atoms. The number of rotatable bonds is 5. The zero-order valence-corrected chi connectivity index (χ0v) is 17.4. The Morgan fingerprint density at radius 1 is 1.03 bits per heavy atom. The van der Waals surface area contributed by atoms with Gasteiger partial charge in [-0.15, -0.1) is 0 Å². The van der Waals surface area contributed by atoms with Gasteiger partial charge in [0.25, 0.3) is 11.8 Å². The molecule has 0 unspecified atom stereocenters. The SMILES string of the molecule is CN1C(=O)N(CC(=O)OCC(=O)NC(=O)NC2CCCCC2)C(=O)C12CCCCC2. The number of esters is 1. The number of ether oxygens (including phenoxy) is 1. The van der Waals surface area contributed by atoms with Crippen molar-refractivity contribution in [2.45, 2.75) is 75.8 Å². The number of nitrogens with one attached hydrogen (secondary N) is 2. The monoisotopic (exact) mass is 422 g/mol. The molecule has 10 nitrogen and oxygen atoms in total. The van der Waals surface area contributed by atoms with E-state index in [1.54, 1.807) is 7.05 Å². The Hall–Kier alpha value is -2.65. The zero-order chi connectivity index (χ0) is 21.7. The highest BCUT2D eigenvalue weighted by Gasteiger charge is 2.55.